The zero-order valence-electron chi connectivity index (χ0n) is 12.4. The van der Waals surface area contributed by atoms with Crippen molar-refractivity contribution in [3.05, 3.63) is 39.8 Å². The summed E-state index contributed by atoms with van der Waals surface area (Å²) in [5.41, 5.74) is 2.28. The zero-order chi connectivity index (χ0) is 14.4. The minimum Gasteiger partial charge on any atom is -0.393 e. The van der Waals surface area contributed by atoms with Crippen LogP contribution in [0.15, 0.2) is 23.6 Å². The molecule has 1 unspecified atom stereocenters. The maximum absolute atomic E-state index is 10.2. The monoisotopic (exact) mass is 292 g/mol. The van der Waals surface area contributed by atoms with Gasteiger partial charge in [0.1, 0.15) is 0 Å². The summed E-state index contributed by atoms with van der Waals surface area (Å²) in [5, 5.41) is 16.8. The average molecular weight is 292 g/mol. The van der Waals surface area contributed by atoms with Gasteiger partial charge in [-0.1, -0.05) is 13.0 Å². The fraction of sp³-hybridized carbons (Fsp3) is 0.562. The highest BCUT2D eigenvalue weighted by Crippen LogP contribution is 2.15. The first-order chi connectivity index (χ1) is 9.72. The van der Waals surface area contributed by atoms with Crippen LogP contribution in [0.5, 0.6) is 0 Å². The average Bonchev–Trinajstić information content (AvgIpc) is 3.08. The Labute approximate surface area is 125 Å². The van der Waals surface area contributed by atoms with Gasteiger partial charge in [0.2, 0.25) is 0 Å². The van der Waals surface area contributed by atoms with Crippen molar-refractivity contribution >= 4 is 11.3 Å². The largest absolute Gasteiger partial charge is 0.393 e. The molecule has 2 heterocycles. The van der Waals surface area contributed by atoms with E-state index in [4.69, 9.17) is 0 Å². The van der Waals surface area contributed by atoms with Crippen LogP contribution in [0.4, 0.5) is 0 Å². The van der Waals surface area contributed by atoms with E-state index in [9.17, 15) is 5.11 Å². The first-order valence-corrected chi connectivity index (χ1v) is 8.37. The molecule has 0 saturated heterocycles. The maximum atomic E-state index is 10.2. The fourth-order valence-electron chi connectivity index (χ4n) is 2.44. The molecule has 2 aromatic rings. The minimum atomic E-state index is -0.262. The zero-order valence-corrected chi connectivity index (χ0v) is 13.2. The second-order valence-electron chi connectivity index (χ2n) is 5.13. The van der Waals surface area contributed by atoms with Crippen molar-refractivity contribution in [3.63, 3.8) is 0 Å². The minimum absolute atomic E-state index is 0.262. The Kier molecular flexibility index (Phi) is 5.80. The smallest absolute Gasteiger partial charge is 0.0624 e. The van der Waals surface area contributed by atoms with Gasteiger partial charge in [0, 0.05) is 23.5 Å². The van der Waals surface area contributed by atoms with Crippen molar-refractivity contribution in [3.8, 4) is 0 Å². The molecule has 0 radical (unpaired) electrons. The number of hydrogen-bond donors (Lipinski definition) is 1. The van der Waals surface area contributed by atoms with Gasteiger partial charge in [-0.05, 0) is 50.1 Å². The number of thiophene rings is 1. The molecule has 0 aliphatic rings. The Morgan fingerprint density at radius 2 is 2.25 bits per heavy atom. The molecular weight excluding hydrogens is 268 g/mol. The van der Waals surface area contributed by atoms with Crippen molar-refractivity contribution in [2.24, 2.45) is 0 Å². The predicted molar refractivity (Wildman–Crippen MR) is 84.2 cm³/mol. The third-order valence-electron chi connectivity index (χ3n) is 3.56. The lowest BCUT2D eigenvalue weighted by Gasteiger charge is -2.11. The van der Waals surface area contributed by atoms with Gasteiger partial charge in [-0.2, -0.15) is 5.10 Å². The summed E-state index contributed by atoms with van der Waals surface area (Å²) in [5.74, 6) is 0. The normalized spacial score (nSPS) is 12.8. The number of hydrogen-bond acceptors (Lipinski definition) is 3. The molecule has 2 aromatic heterocycles. The molecule has 20 heavy (non-hydrogen) atoms. The van der Waals surface area contributed by atoms with Gasteiger partial charge < -0.3 is 5.11 Å². The highest BCUT2D eigenvalue weighted by molar-refractivity contribution is 7.09. The van der Waals surface area contributed by atoms with Crippen molar-refractivity contribution < 1.29 is 5.11 Å². The molecule has 0 bridgehead atoms. The molecule has 110 valence electrons. The van der Waals surface area contributed by atoms with E-state index in [0.29, 0.717) is 6.42 Å². The molecule has 0 fully saturated rings. The summed E-state index contributed by atoms with van der Waals surface area (Å²) in [6.07, 6.45) is 4.38. The van der Waals surface area contributed by atoms with Gasteiger partial charge in [0.15, 0.2) is 0 Å². The van der Waals surface area contributed by atoms with Gasteiger partial charge >= 0.3 is 0 Å². The molecule has 0 amide bonds. The lowest BCUT2D eigenvalue weighted by Crippen LogP contribution is -2.14. The van der Waals surface area contributed by atoms with Gasteiger partial charge in [-0.15, -0.1) is 11.3 Å². The standard InChI is InChI=1S/C16H24N2OS/c1-3-13-11-14(18(4-2)17-13)12-15(19)7-5-8-16-9-6-10-20-16/h6,9-11,15,19H,3-5,7-8,12H2,1-2H3. The number of aliphatic hydroxyl groups is 1. The molecule has 1 atom stereocenters. The van der Waals surface area contributed by atoms with Crippen LogP contribution < -0.4 is 0 Å². The van der Waals surface area contributed by atoms with E-state index in [1.807, 2.05) is 4.68 Å². The van der Waals surface area contributed by atoms with Crippen LogP contribution in [0.25, 0.3) is 0 Å². The second-order valence-corrected chi connectivity index (χ2v) is 6.16. The number of rotatable bonds is 8. The van der Waals surface area contributed by atoms with E-state index < -0.39 is 0 Å². The van der Waals surface area contributed by atoms with Crippen LogP contribution >= 0.6 is 11.3 Å². The second kappa shape index (κ2) is 7.60. The molecule has 0 spiro atoms. The van der Waals surface area contributed by atoms with Gasteiger partial charge in [-0.25, -0.2) is 0 Å². The van der Waals surface area contributed by atoms with Crippen LogP contribution in [-0.2, 0) is 25.8 Å². The maximum Gasteiger partial charge on any atom is 0.0624 e. The van der Waals surface area contributed by atoms with Crippen LogP contribution in [0.3, 0.4) is 0 Å². The first-order valence-electron chi connectivity index (χ1n) is 7.49. The van der Waals surface area contributed by atoms with E-state index in [1.165, 1.54) is 4.88 Å². The summed E-state index contributed by atoms with van der Waals surface area (Å²) in [6, 6.07) is 6.38. The number of nitrogens with zero attached hydrogens (tertiary/aromatic N) is 2. The Morgan fingerprint density at radius 1 is 1.40 bits per heavy atom. The first kappa shape index (κ1) is 15.3. The highest BCUT2D eigenvalue weighted by atomic mass is 32.1. The van der Waals surface area contributed by atoms with Gasteiger partial charge in [0.05, 0.1) is 11.8 Å². The van der Waals surface area contributed by atoms with Crippen LogP contribution in [0.1, 0.15) is 43.0 Å². The number of aromatic nitrogens is 2. The molecule has 0 aromatic carbocycles. The van der Waals surface area contributed by atoms with E-state index in [0.717, 1.165) is 43.6 Å². The molecule has 4 heteroatoms. The topological polar surface area (TPSA) is 38.0 Å². The molecule has 0 aliphatic heterocycles. The molecule has 0 saturated carbocycles. The molecular formula is C16H24N2OS. The van der Waals surface area contributed by atoms with Crippen LogP contribution in [0.2, 0.25) is 0 Å². The lowest BCUT2D eigenvalue weighted by molar-refractivity contribution is 0.159. The molecule has 0 aliphatic carbocycles. The molecule has 1 N–H and O–H groups in total. The quantitative estimate of drug-likeness (QED) is 0.809. The number of aliphatic hydroxyl groups excluding tert-OH is 1. The van der Waals surface area contributed by atoms with Crippen LogP contribution in [-0.4, -0.2) is 21.0 Å². The highest BCUT2D eigenvalue weighted by Gasteiger charge is 2.11. The van der Waals surface area contributed by atoms with E-state index in [2.05, 4.69) is 42.5 Å². The van der Waals surface area contributed by atoms with Gasteiger partial charge in [-0.3, -0.25) is 4.68 Å². The number of aryl methyl sites for hydroxylation is 3. The third kappa shape index (κ3) is 4.18. The Bertz CT molecular complexity index is 505. The van der Waals surface area contributed by atoms with Crippen LogP contribution in [0, 0.1) is 0 Å². The summed E-state index contributed by atoms with van der Waals surface area (Å²) in [7, 11) is 0. The van der Waals surface area contributed by atoms with Gasteiger partial charge in [0.25, 0.3) is 0 Å². The van der Waals surface area contributed by atoms with E-state index in [1.54, 1.807) is 11.3 Å². The predicted octanol–water partition coefficient (Wildman–Crippen LogP) is 3.45. The molecule has 3 nitrogen and oxygen atoms in total. The van der Waals surface area contributed by atoms with E-state index in [-0.39, 0.29) is 6.10 Å². The lowest BCUT2D eigenvalue weighted by atomic mass is 10.1. The summed E-state index contributed by atoms with van der Waals surface area (Å²) in [4.78, 5) is 1.41. The summed E-state index contributed by atoms with van der Waals surface area (Å²) >= 11 is 1.80. The van der Waals surface area contributed by atoms with Crippen molar-refractivity contribution in [1.29, 1.82) is 0 Å². The summed E-state index contributed by atoms with van der Waals surface area (Å²) < 4.78 is 2.02. The Hall–Kier alpha value is -1.13. The van der Waals surface area contributed by atoms with Crippen molar-refractivity contribution in [2.45, 2.75) is 58.6 Å². The Balaban J connectivity index is 1.81. The SMILES string of the molecule is CCc1cc(CC(O)CCCc2cccs2)n(CC)n1. The van der Waals surface area contributed by atoms with E-state index >= 15 is 0 Å². The van der Waals surface area contributed by atoms with Crippen molar-refractivity contribution in [1.82, 2.24) is 9.78 Å². The third-order valence-corrected chi connectivity index (χ3v) is 4.50. The fourth-order valence-corrected chi connectivity index (χ4v) is 3.19. The molecule has 2 rings (SSSR count). The van der Waals surface area contributed by atoms with Crippen molar-refractivity contribution in [2.75, 3.05) is 0 Å². The Morgan fingerprint density at radius 3 is 2.90 bits per heavy atom. The summed E-state index contributed by atoms with van der Waals surface area (Å²) in [6.45, 7) is 5.08.